The summed E-state index contributed by atoms with van der Waals surface area (Å²) in [5.41, 5.74) is 0. The molecule has 1 aliphatic carbocycles. The van der Waals surface area contributed by atoms with Crippen molar-refractivity contribution in [2.45, 2.75) is 24.9 Å². The van der Waals surface area contributed by atoms with Crippen LogP contribution in [0.4, 0.5) is 0 Å². The highest BCUT2D eigenvalue weighted by molar-refractivity contribution is 8.16. The third-order valence-corrected chi connectivity index (χ3v) is 8.17. The Kier molecular flexibility index (Phi) is 3.17. The van der Waals surface area contributed by atoms with Crippen LogP contribution in [0.3, 0.4) is 0 Å². The number of hydrogen-bond acceptors (Lipinski definition) is 3. The molecule has 1 aromatic rings. The van der Waals surface area contributed by atoms with Gasteiger partial charge in [-0.15, -0.1) is 0 Å². The van der Waals surface area contributed by atoms with Gasteiger partial charge in [-0.25, -0.2) is 0 Å². The Balaban J connectivity index is 2.46. The Morgan fingerprint density at radius 1 is 1.44 bits per heavy atom. The number of benzene rings is 1. The molecule has 84 valence electrons. The van der Waals surface area contributed by atoms with Crippen molar-refractivity contribution in [1.82, 2.24) is 0 Å². The maximum atomic E-state index is 9.31. The van der Waals surface area contributed by atoms with Crippen molar-refractivity contribution in [2.75, 3.05) is 6.61 Å². The van der Waals surface area contributed by atoms with Crippen molar-refractivity contribution in [3.8, 4) is 6.07 Å². The standard InChI is InChI=1S/C12H14NOPS/c1-2-14-15(16,12(10-13)8-9-12)11-6-4-3-5-7-11/h3-7H,2,8-9H2,1H3/t15-/m1/s1. The van der Waals surface area contributed by atoms with E-state index in [2.05, 4.69) is 6.07 Å². The van der Waals surface area contributed by atoms with Crippen LogP contribution in [0.2, 0.25) is 0 Å². The van der Waals surface area contributed by atoms with E-state index in [1.807, 2.05) is 37.3 Å². The Labute approximate surface area is 101 Å². The lowest BCUT2D eigenvalue weighted by Crippen LogP contribution is -2.19. The molecule has 1 aromatic carbocycles. The summed E-state index contributed by atoms with van der Waals surface area (Å²) in [6.45, 7) is 2.52. The predicted molar refractivity (Wildman–Crippen MR) is 69.6 cm³/mol. The Morgan fingerprint density at radius 3 is 2.50 bits per heavy atom. The highest BCUT2D eigenvalue weighted by atomic mass is 32.4. The molecule has 1 aliphatic rings. The monoisotopic (exact) mass is 251 g/mol. The van der Waals surface area contributed by atoms with Gasteiger partial charge in [0.25, 0.3) is 0 Å². The van der Waals surface area contributed by atoms with Crippen LogP contribution in [0.15, 0.2) is 30.3 Å². The third kappa shape index (κ3) is 1.72. The molecule has 1 fully saturated rings. The fraction of sp³-hybridized carbons (Fsp3) is 0.417. The van der Waals surface area contributed by atoms with E-state index in [9.17, 15) is 5.26 Å². The molecule has 0 amide bonds. The summed E-state index contributed by atoms with van der Waals surface area (Å²) >= 11 is 5.73. The maximum absolute atomic E-state index is 9.31. The van der Waals surface area contributed by atoms with Gasteiger partial charge in [0.2, 0.25) is 0 Å². The van der Waals surface area contributed by atoms with Crippen molar-refractivity contribution in [3.05, 3.63) is 30.3 Å². The van der Waals surface area contributed by atoms with Gasteiger partial charge in [-0.05, 0) is 19.8 Å². The van der Waals surface area contributed by atoms with Crippen molar-refractivity contribution in [3.63, 3.8) is 0 Å². The molecule has 0 spiro atoms. The van der Waals surface area contributed by atoms with Gasteiger partial charge in [-0.2, -0.15) is 5.26 Å². The topological polar surface area (TPSA) is 33.0 Å². The molecule has 0 aliphatic heterocycles. The van der Waals surface area contributed by atoms with Crippen LogP contribution >= 0.6 is 6.26 Å². The Morgan fingerprint density at radius 2 is 2.06 bits per heavy atom. The van der Waals surface area contributed by atoms with Gasteiger partial charge in [0.15, 0.2) is 0 Å². The number of nitrogens with zero attached hydrogens (tertiary/aromatic N) is 1. The average molecular weight is 251 g/mol. The molecule has 0 heterocycles. The maximum Gasteiger partial charge on any atom is 0.114 e. The minimum atomic E-state index is -2.19. The lowest BCUT2D eigenvalue weighted by molar-refractivity contribution is 0.377. The first-order chi connectivity index (χ1) is 7.68. The summed E-state index contributed by atoms with van der Waals surface area (Å²) in [5.74, 6) is 0. The van der Waals surface area contributed by atoms with Crippen molar-refractivity contribution >= 4 is 23.4 Å². The number of rotatable bonds is 4. The average Bonchev–Trinajstić information content (AvgIpc) is 3.11. The van der Waals surface area contributed by atoms with E-state index in [0.29, 0.717) is 6.61 Å². The first-order valence-electron chi connectivity index (χ1n) is 5.40. The van der Waals surface area contributed by atoms with Gasteiger partial charge in [-0.1, -0.05) is 42.1 Å². The van der Waals surface area contributed by atoms with Gasteiger partial charge in [0.1, 0.15) is 11.4 Å². The van der Waals surface area contributed by atoms with E-state index in [-0.39, 0.29) is 5.16 Å². The largest absolute Gasteiger partial charge is 0.345 e. The zero-order valence-electron chi connectivity index (χ0n) is 9.22. The number of hydrogen-bond donors (Lipinski definition) is 0. The van der Waals surface area contributed by atoms with Crippen molar-refractivity contribution in [1.29, 1.82) is 5.26 Å². The highest BCUT2D eigenvalue weighted by Gasteiger charge is 2.56. The van der Waals surface area contributed by atoms with Gasteiger partial charge in [0.05, 0.1) is 6.07 Å². The van der Waals surface area contributed by atoms with Gasteiger partial charge < -0.3 is 4.52 Å². The number of nitriles is 1. The van der Waals surface area contributed by atoms with Crippen molar-refractivity contribution < 1.29 is 4.52 Å². The van der Waals surface area contributed by atoms with E-state index in [1.165, 1.54) is 0 Å². The molecular formula is C12H14NOPS. The van der Waals surface area contributed by atoms with Crippen LogP contribution in [-0.2, 0) is 16.3 Å². The van der Waals surface area contributed by atoms with E-state index in [1.54, 1.807) is 0 Å². The quantitative estimate of drug-likeness (QED) is 0.771. The van der Waals surface area contributed by atoms with Crippen LogP contribution in [0, 0.1) is 11.3 Å². The molecule has 1 saturated carbocycles. The summed E-state index contributed by atoms with van der Waals surface area (Å²) < 4.78 is 5.84. The molecule has 2 rings (SSSR count). The SMILES string of the molecule is CCO[P@@](=S)(c1ccccc1)C1(C#N)CC1. The molecule has 0 saturated heterocycles. The zero-order valence-corrected chi connectivity index (χ0v) is 10.9. The Bertz CT molecular complexity index is 462. The second kappa shape index (κ2) is 4.30. The fourth-order valence-electron chi connectivity index (χ4n) is 1.84. The normalized spacial score (nSPS) is 20.8. The van der Waals surface area contributed by atoms with E-state index in [0.717, 1.165) is 18.1 Å². The fourth-order valence-corrected chi connectivity index (χ4v) is 5.84. The summed E-state index contributed by atoms with van der Waals surface area (Å²) in [5, 5.41) is 9.96. The molecule has 0 unspecified atom stereocenters. The molecule has 0 bridgehead atoms. The lowest BCUT2D eigenvalue weighted by atomic mass is 10.4. The van der Waals surface area contributed by atoms with Gasteiger partial charge in [-0.3, -0.25) is 0 Å². The summed E-state index contributed by atoms with van der Waals surface area (Å²) in [7, 11) is 0. The molecule has 4 heteroatoms. The summed E-state index contributed by atoms with van der Waals surface area (Å²) in [4.78, 5) is 0. The lowest BCUT2D eigenvalue weighted by Gasteiger charge is -2.26. The Hall–Kier alpha value is -0.680. The van der Waals surface area contributed by atoms with E-state index >= 15 is 0 Å². The minimum absolute atomic E-state index is 0.389. The highest BCUT2D eigenvalue weighted by Crippen LogP contribution is 2.69. The summed E-state index contributed by atoms with van der Waals surface area (Å²) in [6.07, 6.45) is -0.422. The van der Waals surface area contributed by atoms with Crippen molar-refractivity contribution in [2.24, 2.45) is 0 Å². The van der Waals surface area contributed by atoms with Crippen LogP contribution in [-0.4, -0.2) is 11.8 Å². The van der Waals surface area contributed by atoms with E-state index < -0.39 is 6.26 Å². The first-order valence-corrected chi connectivity index (χ1v) is 8.12. The zero-order chi connectivity index (χ0) is 11.6. The molecule has 16 heavy (non-hydrogen) atoms. The van der Waals surface area contributed by atoms with Gasteiger partial charge in [0, 0.05) is 11.9 Å². The van der Waals surface area contributed by atoms with Crippen LogP contribution in [0.1, 0.15) is 19.8 Å². The first kappa shape index (κ1) is 11.8. The van der Waals surface area contributed by atoms with E-state index in [4.69, 9.17) is 16.3 Å². The smallest absolute Gasteiger partial charge is 0.114 e. The third-order valence-electron chi connectivity index (χ3n) is 2.90. The van der Waals surface area contributed by atoms with Crippen LogP contribution in [0.25, 0.3) is 0 Å². The molecule has 0 N–H and O–H groups in total. The van der Waals surface area contributed by atoms with Gasteiger partial charge >= 0.3 is 0 Å². The molecule has 1 atom stereocenters. The summed E-state index contributed by atoms with van der Waals surface area (Å²) in [6, 6.07) is 12.3. The molecule has 0 aromatic heterocycles. The van der Waals surface area contributed by atoms with Crippen LogP contribution in [0.5, 0.6) is 0 Å². The molecular weight excluding hydrogens is 237 g/mol. The second-order valence-electron chi connectivity index (χ2n) is 3.95. The minimum Gasteiger partial charge on any atom is -0.345 e. The molecule has 2 nitrogen and oxygen atoms in total. The molecule has 0 radical (unpaired) electrons. The second-order valence-corrected chi connectivity index (χ2v) is 8.22. The van der Waals surface area contributed by atoms with Crippen LogP contribution < -0.4 is 5.30 Å². The predicted octanol–water partition coefficient (Wildman–Crippen LogP) is 2.80.